The molecule has 0 aliphatic carbocycles. The number of rotatable bonds is 6. The first-order chi connectivity index (χ1) is 11.7. The van der Waals surface area contributed by atoms with Gasteiger partial charge in [-0.05, 0) is 49.4 Å². The summed E-state index contributed by atoms with van der Waals surface area (Å²) in [7, 11) is 0. The molecule has 1 saturated heterocycles. The second-order valence-electron chi connectivity index (χ2n) is 6.69. The minimum Gasteiger partial charge on any atom is -0.396 e. The molecule has 0 spiro atoms. The fraction of sp³-hybridized carbons (Fsp3) is 0.429. The van der Waals surface area contributed by atoms with Crippen LogP contribution in [0.15, 0.2) is 60.7 Å². The van der Waals surface area contributed by atoms with Gasteiger partial charge in [0, 0.05) is 13.2 Å². The maximum absolute atomic E-state index is 11.8. The van der Waals surface area contributed by atoms with Gasteiger partial charge < -0.3 is 15.1 Å². The fourth-order valence-corrected chi connectivity index (χ4v) is 3.89. The smallest absolute Gasteiger partial charge is 0.117 e. The molecule has 2 aromatic carbocycles. The van der Waals surface area contributed by atoms with E-state index in [1.807, 2.05) is 60.7 Å². The molecule has 128 valence electrons. The summed E-state index contributed by atoms with van der Waals surface area (Å²) in [6.45, 7) is 3.15. The number of piperidine rings is 1. The van der Waals surface area contributed by atoms with E-state index in [4.69, 9.17) is 5.11 Å². The molecule has 0 atom stereocenters. The van der Waals surface area contributed by atoms with Gasteiger partial charge in [0.2, 0.25) is 0 Å². The van der Waals surface area contributed by atoms with Crippen molar-refractivity contribution in [3.05, 3.63) is 71.8 Å². The molecule has 0 unspecified atom stereocenters. The Labute approximate surface area is 144 Å². The number of hydrogen-bond acceptors (Lipinski definition) is 3. The van der Waals surface area contributed by atoms with E-state index < -0.39 is 5.60 Å². The van der Waals surface area contributed by atoms with Crippen LogP contribution in [0.4, 0.5) is 0 Å². The normalized spacial score (nSPS) is 17.1. The summed E-state index contributed by atoms with van der Waals surface area (Å²) in [6.07, 6.45) is 2.75. The summed E-state index contributed by atoms with van der Waals surface area (Å²) >= 11 is 0. The maximum atomic E-state index is 11.8. The van der Waals surface area contributed by atoms with Crippen molar-refractivity contribution < 1.29 is 10.2 Å². The van der Waals surface area contributed by atoms with Crippen LogP contribution in [0.2, 0.25) is 0 Å². The van der Waals surface area contributed by atoms with Gasteiger partial charge in [-0.1, -0.05) is 60.7 Å². The van der Waals surface area contributed by atoms with Crippen LogP contribution in [0.5, 0.6) is 0 Å². The van der Waals surface area contributed by atoms with Crippen molar-refractivity contribution in [2.24, 2.45) is 5.92 Å². The number of nitrogens with zero attached hydrogens (tertiary/aromatic N) is 1. The highest BCUT2D eigenvalue weighted by molar-refractivity contribution is 5.37. The van der Waals surface area contributed by atoms with Gasteiger partial charge in [-0.15, -0.1) is 0 Å². The fourth-order valence-electron chi connectivity index (χ4n) is 3.89. The Morgan fingerprint density at radius 3 is 1.83 bits per heavy atom. The Hall–Kier alpha value is -1.68. The molecule has 3 heteroatoms. The van der Waals surface area contributed by atoms with Crippen molar-refractivity contribution in [2.75, 3.05) is 26.2 Å². The quantitative estimate of drug-likeness (QED) is 0.858. The lowest BCUT2D eigenvalue weighted by Gasteiger charge is -2.42. The third-order valence-electron chi connectivity index (χ3n) is 5.24. The Kier molecular flexibility index (Phi) is 5.67. The summed E-state index contributed by atoms with van der Waals surface area (Å²) in [5.41, 5.74) is 1.01. The molecular formula is C21H27NO2. The lowest BCUT2D eigenvalue weighted by Crippen LogP contribution is -2.44. The minimum absolute atomic E-state index is 0.202. The lowest BCUT2D eigenvalue weighted by atomic mass is 9.72. The van der Waals surface area contributed by atoms with Gasteiger partial charge in [-0.2, -0.15) is 0 Å². The molecule has 0 amide bonds. The first-order valence-corrected chi connectivity index (χ1v) is 8.92. The van der Waals surface area contributed by atoms with E-state index in [0.29, 0.717) is 0 Å². The van der Waals surface area contributed by atoms with Gasteiger partial charge in [0.1, 0.15) is 5.60 Å². The number of likely N-dealkylation sites (tertiary alicyclic amines) is 1. The first kappa shape index (κ1) is 17.2. The van der Waals surface area contributed by atoms with Crippen molar-refractivity contribution in [1.29, 1.82) is 0 Å². The van der Waals surface area contributed by atoms with Crippen LogP contribution in [-0.4, -0.2) is 41.4 Å². The Morgan fingerprint density at radius 1 is 0.875 bits per heavy atom. The summed E-state index contributed by atoms with van der Waals surface area (Å²) < 4.78 is 0. The van der Waals surface area contributed by atoms with Crippen molar-refractivity contribution in [3.8, 4) is 0 Å². The summed E-state index contributed by atoms with van der Waals surface area (Å²) in [6, 6.07) is 20.1. The van der Waals surface area contributed by atoms with Gasteiger partial charge in [0.15, 0.2) is 0 Å². The van der Waals surface area contributed by atoms with E-state index in [2.05, 4.69) is 4.90 Å². The van der Waals surface area contributed by atoms with Crippen molar-refractivity contribution in [2.45, 2.75) is 24.9 Å². The molecule has 1 heterocycles. The maximum Gasteiger partial charge on any atom is 0.117 e. The summed E-state index contributed by atoms with van der Waals surface area (Å²) in [5, 5.41) is 20.8. The van der Waals surface area contributed by atoms with E-state index in [1.54, 1.807) is 0 Å². The zero-order valence-electron chi connectivity index (χ0n) is 14.1. The molecule has 1 fully saturated rings. The Morgan fingerprint density at radius 2 is 1.38 bits per heavy atom. The Bertz CT molecular complexity index is 567. The molecular weight excluding hydrogens is 298 g/mol. The standard InChI is InChI=1S/C21H27NO2/c23-17-7-14-22-15-12-20(13-16-22)21(24,18-8-3-1-4-9-18)19-10-5-2-6-11-19/h1-6,8-11,20,23-24H,7,12-17H2. The second kappa shape index (κ2) is 7.93. The predicted octanol–water partition coefficient (Wildman–Crippen LogP) is 3.02. The van der Waals surface area contributed by atoms with Crippen LogP contribution in [0.1, 0.15) is 30.4 Å². The van der Waals surface area contributed by atoms with E-state index in [-0.39, 0.29) is 12.5 Å². The van der Waals surface area contributed by atoms with Crippen molar-refractivity contribution >= 4 is 0 Å². The van der Waals surface area contributed by atoms with Crippen LogP contribution in [0.3, 0.4) is 0 Å². The molecule has 2 aromatic rings. The zero-order chi connectivity index (χ0) is 16.8. The Balaban J connectivity index is 1.85. The highest BCUT2D eigenvalue weighted by atomic mass is 16.3. The average Bonchev–Trinajstić information content (AvgIpc) is 2.67. The SMILES string of the molecule is OCCCN1CCC(C(O)(c2ccccc2)c2ccccc2)CC1. The van der Waals surface area contributed by atoms with E-state index in [9.17, 15) is 5.11 Å². The van der Waals surface area contributed by atoms with Crippen LogP contribution in [-0.2, 0) is 5.60 Å². The zero-order valence-corrected chi connectivity index (χ0v) is 14.1. The van der Waals surface area contributed by atoms with Crippen LogP contribution >= 0.6 is 0 Å². The van der Waals surface area contributed by atoms with Crippen molar-refractivity contribution in [1.82, 2.24) is 4.90 Å². The lowest BCUT2D eigenvalue weighted by molar-refractivity contribution is -0.0147. The molecule has 2 N–H and O–H groups in total. The van der Waals surface area contributed by atoms with E-state index in [1.165, 1.54) is 0 Å². The van der Waals surface area contributed by atoms with Gasteiger partial charge in [0.25, 0.3) is 0 Å². The largest absolute Gasteiger partial charge is 0.396 e. The van der Waals surface area contributed by atoms with Crippen LogP contribution < -0.4 is 0 Å². The molecule has 1 aliphatic rings. The average molecular weight is 325 g/mol. The molecule has 0 bridgehead atoms. The molecule has 0 aromatic heterocycles. The van der Waals surface area contributed by atoms with E-state index in [0.717, 1.165) is 50.0 Å². The summed E-state index contributed by atoms with van der Waals surface area (Å²) in [4.78, 5) is 2.39. The predicted molar refractivity (Wildman–Crippen MR) is 96.7 cm³/mol. The minimum atomic E-state index is -0.939. The second-order valence-corrected chi connectivity index (χ2v) is 6.69. The van der Waals surface area contributed by atoms with Gasteiger partial charge in [-0.25, -0.2) is 0 Å². The monoisotopic (exact) mass is 325 g/mol. The molecule has 0 radical (unpaired) electrons. The molecule has 3 nitrogen and oxygen atoms in total. The third-order valence-corrected chi connectivity index (χ3v) is 5.24. The van der Waals surface area contributed by atoms with Crippen LogP contribution in [0.25, 0.3) is 0 Å². The van der Waals surface area contributed by atoms with Gasteiger partial charge in [-0.3, -0.25) is 0 Å². The number of benzene rings is 2. The summed E-state index contributed by atoms with van der Waals surface area (Å²) in [5.74, 6) is 0.202. The van der Waals surface area contributed by atoms with Crippen LogP contribution in [0, 0.1) is 5.92 Å². The topological polar surface area (TPSA) is 43.7 Å². The van der Waals surface area contributed by atoms with Crippen molar-refractivity contribution in [3.63, 3.8) is 0 Å². The molecule has 1 aliphatic heterocycles. The third kappa shape index (κ3) is 3.54. The highest BCUT2D eigenvalue weighted by Gasteiger charge is 2.41. The first-order valence-electron chi connectivity index (χ1n) is 8.92. The number of aliphatic hydroxyl groups is 2. The highest BCUT2D eigenvalue weighted by Crippen LogP contribution is 2.41. The molecule has 3 rings (SSSR count). The number of hydrogen-bond donors (Lipinski definition) is 2. The van der Waals surface area contributed by atoms with Gasteiger partial charge in [0.05, 0.1) is 0 Å². The molecule has 0 saturated carbocycles. The number of aliphatic hydroxyl groups excluding tert-OH is 1. The van der Waals surface area contributed by atoms with Gasteiger partial charge >= 0.3 is 0 Å². The van der Waals surface area contributed by atoms with E-state index >= 15 is 0 Å². The molecule has 24 heavy (non-hydrogen) atoms.